The van der Waals surface area contributed by atoms with E-state index in [9.17, 15) is 9.59 Å². The van der Waals surface area contributed by atoms with Crippen molar-refractivity contribution in [2.75, 3.05) is 13.7 Å². The van der Waals surface area contributed by atoms with Crippen molar-refractivity contribution in [2.24, 2.45) is 11.8 Å². The van der Waals surface area contributed by atoms with Gasteiger partial charge in [0.1, 0.15) is 0 Å². The summed E-state index contributed by atoms with van der Waals surface area (Å²) in [4.78, 5) is 25.5. The molecule has 0 aromatic carbocycles. The van der Waals surface area contributed by atoms with Gasteiger partial charge in [0, 0.05) is 20.1 Å². The van der Waals surface area contributed by atoms with Gasteiger partial charge in [-0.05, 0) is 31.6 Å². The normalized spacial score (nSPS) is 12.9. The zero-order valence-corrected chi connectivity index (χ0v) is 28.3. The number of carbonyl (C=O) groups excluding carboxylic acids is 2. The van der Waals surface area contributed by atoms with Crippen LogP contribution < -0.4 is 0 Å². The highest BCUT2D eigenvalue weighted by molar-refractivity contribution is 5.86. The highest BCUT2D eigenvalue weighted by atomic mass is 16.6. The number of esters is 2. The van der Waals surface area contributed by atoms with E-state index in [4.69, 9.17) is 9.47 Å². The molecule has 0 rings (SSSR count). The van der Waals surface area contributed by atoms with E-state index in [1.54, 1.807) is 7.11 Å². The Labute approximate surface area is 256 Å². The second kappa shape index (κ2) is 32.0. The summed E-state index contributed by atoms with van der Waals surface area (Å²) in [6.07, 6.45) is 33.3. The first-order valence-corrected chi connectivity index (χ1v) is 18.3. The maximum absolute atomic E-state index is 13.0. The summed E-state index contributed by atoms with van der Waals surface area (Å²) < 4.78 is 10.5. The highest BCUT2D eigenvalue weighted by Crippen LogP contribution is 2.27. The Morgan fingerprint density at radius 1 is 0.537 bits per heavy atom. The first kappa shape index (κ1) is 40.1. The predicted molar refractivity (Wildman–Crippen MR) is 176 cm³/mol. The summed E-state index contributed by atoms with van der Waals surface area (Å²) in [7, 11) is 1.76. The number of ether oxygens (including phenoxy) is 2. The molecule has 4 heteroatoms. The van der Waals surface area contributed by atoms with Gasteiger partial charge in [-0.15, -0.1) is 0 Å². The van der Waals surface area contributed by atoms with Crippen LogP contribution in [-0.2, 0) is 19.1 Å². The van der Waals surface area contributed by atoms with Gasteiger partial charge in [0.2, 0.25) is 0 Å². The molecule has 0 N–H and O–H groups in total. The van der Waals surface area contributed by atoms with Crippen molar-refractivity contribution in [1.82, 2.24) is 0 Å². The fourth-order valence-corrected chi connectivity index (χ4v) is 5.95. The third-order valence-corrected chi connectivity index (χ3v) is 8.84. The molecule has 244 valence electrons. The Hall–Kier alpha value is -0.900. The predicted octanol–water partition coefficient (Wildman–Crippen LogP) is 11.9. The van der Waals surface area contributed by atoms with Gasteiger partial charge in [-0.3, -0.25) is 9.59 Å². The summed E-state index contributed by atoms with van der Waals surface area (Å²) in [6, 6.07) is 0. The van der Waals surface area contributed by atoms with Crippen molar-refractivity contribution >= 4 is 11.9 Å². The lowest BCUT2D eigenvalue weighted by Gasteiger charge is -2.21. The molecule has 0 aliphatic carbocycles. The van der Waals surface area contributed by atoms with Gasteiger partial charge in [0.05, 0.1) is 5.92 Å². The van der Waals surface area contributed by atoms with Crippen molar-refractivity contribution < 1.29 is 19.1 Å². The van der Waals surface area contributed by atoms with Crippen LogP contribution >= 0.6 is 0 Å². The van der Waals surface area contributed by atoms with E-state index in [2.05, 4.69) is 20.8 Å². The first-order chi connectivity index (χ1) is 20.1. The van der Waals surface area contributed by atoms with Crippen molar-refractivity contribution in [1.29, 1.82) is 0 Å². The van der Waals surface area contributed by atoms with Crippen molar-refractivity contribution in [3.63, 3.8) is 0 Å². The van der Waals surface area contributed by atoms with Crippen molar-refractivity contribution in [3.8, 4) is 0 Å². The molecule has 0 saturated heterocycles. The molecule has 2 atom stereocenters. The highest BCUT2D eigenvalue weighted by Gasteiger charge is 2.25. The molecule has 0 fully saturated rings. The average Bonchev–Trinajstić information content (AvgIpc) is 2.97. The van der Waals surface area contributed by atoms with E-state index in [-0.39, 0.29) is 17.9 Å². The van der Waals surface area contributed by atoms with Gasteiger partial charge in [-0.25, -0.2) is 0 Å². The lowest BCUT2D eigenvalue weighted by Crippen LogP contribution is -2.24. The van der Waals surface area contributed by atoms with Crippen LogP contribution in [0.3, 0.4) is 0 Å². The van der Waals surface area contributed by atoms with Gasteiger partial charge < -0.3 is 9.47 Å². The zero-order chi connectivity index (χ0) is 30.2. The monoisotopic (exact) mass is 581 g/mol. The van der Waals surface area contributed by atoms with Crippen LogP contribution in [0.2, 0.25) is 0 Å². The third kappa shape index (κ3) is 27.7. The van der Waals surface area contributed by atoms with Crippen LogP contribution in [0.25, 0.3) is 0 Å². The van der Waals surface area contributed by atoms with E-state index >= 15 is 0 Å². The first-order valence-electron chi connectivity index (χ1n) is 18.3. The molecule has 41 heavy (non-hydrogen) atoms. The van der Waals surface area contributed by atoms with E-state index in [1.165, 1.54) is 122 Å². The van der Waals surface area contributed by atoms with Gasteiger partial charge in [-0.2, -0.15) is 0 Å². The van der Waals surface area contributed by atoms with Crippen LogP contribution in [-0.4, -0.2) is 25.7 Å². The second-order valence-electron chi connectivity index (χ2n) is 12.7. The van der Waals surface area contributed by atoms with Crippen LogP contribution in [0.5, 0.6) is 0 Å². The summed E-state index contributed by atoms with van der Waals surface area (Å²) in [6.45, 7) is 7.57. The molecule has 0 aliphatic heterocycles. The molecular weight excluding hydrogens is 508 g/mol. The maximum Gasteiger partial charge on any atom is 0.316 e. The van der Waals surface area contributed by atoms with E-state index in [1.807, 2.05) is 0 Å². The molecule has 0 spiro atoms. The van der Waals surface area contributed by atoms with Crippen molar-refractivity contribution in [2.45, 2.75) is 201 Å². The van der Waals surface area contributed by atoms with Crippen LogP contribution in [0.4, 0.5) is 0 Å². The zero-order valence-electron chi connectivity index (χ0n) is 28.3. The largest absolute Gasteiger partial charge is 0.393 e. The Bertz CT molecular complexity index is 561. The Kier molecular flexibility index (Phi) is 31.3. The van der Waals surface area contributed by atoms with Crippen LogP contribution in [0, 0.1) is 11.8 Å². The van der Waals surface area contributed by atoms with E-state index < -0.39 is 0 Å². The lowest BCUT2D eigenvalue weighted by molar-refractivity contribution is -0.163. The fraction of sp³-hybridized carbons (Fsp3) is 0.946. The molecule has 0 aromatic heterocycles. The molecule has 0 saturated carbocycles. The Balaban J connectivity index is 4.09. The molecule has 4 nitrogen and oxygen atoms in total. The Morgan fingerprint density at radius 2 is 1.00 bits per heavy atom. The molecule has 0 aliphatic rings. The smallest absolute Gasteiger partial charge is 0.316 e. The standard InChI is InChI=1S/C37H72O4/c1-5-8-10-11-12-13-14-15-16-17-18-19-20-24-27-31-36(38)41-37(39)35(33-34(7-3)29-9-6-2)30-26-23-21-22-25-28-32-40-4/h34-35H,5-33H2,1-4H3. The maximum atomic E-state index is 13.0. The van der Waals surface area contributed by atoms with Crippen LogP contribution in [0.15, 0.2) is 0 Å². The molecule has 2 unspecified atom stereocenters. The number of hydrogen-bond donors (Lipinski definition) is 0. The quantitative estimate of drug-likeness (QED) is 0.0451. The fourth-order valence-electron chi connectivity index (χ4n) is 5.95. The third-order valence-electron chi connectivity index (χ3n) is 8.84. The minimum absolute atomic E-state index is 0.129. The van der Waals surface area contributed by atoms with E-state index in [0.29, 0.717) is 12.3 Å². The molecular formula is C37H72O4. The lowest BCUT2D eigenvalue weighted by atomic mass is 9.86. The molecule has 0 radical (unpaired) electrons. The molecule has 0 aromatic rings. The number of methoxy groups -OCH3 is 1. The Morgan fingerprint density at radius 3 is 1.49 bits per heavy atom. The number of hydrogen-bond acceptors (Lipinski definition) is 4. The molecule has 0 bridgehead atoms. The summed E-state index contributed by atoms with van der Waals surface area (Å²) in [5.74, 6) is -0.150. The number of unbranched alkanes of at least 4 members (excludes halogenated alkanes) is 20. The molecule has 0 heterocycles. The topological polar surface area (TPSA) is 52.6 Å². The minimum atomic E-state index is -0.311. The molecule has 0 amide bonds. The summed E-state index contributed by atoms with van der Waals surface area (Å²) >= 11 is 0. The van der Waals surface area contributed by atoms with E-state index in [0.717, 1.165) is 58.0 Å². The second-order valence-corrected chi connectivity index (χ2v) is 12.7. The minimum Gasteiger partial charge on any atom is -0.393 e. The summed E-state index contributed by atoms with van der Waals surface area (Å²) in [5.41, 5.74) is 0. The summed E-state index contributed by atoms with van der Waals surface area (Å²) in [5, 5.41) is 0. The number of carbonyl (C=O) groups is 2. The van der Waals surface area contributed by atoms with Gasteiger partial charge >= 0.3 is 11.9 Å². The van der Waals surface area contributed by atoms with Gasteiger partial charge in [-0.1, -0.05) is 168 Å². The van der Waals surface area contributed by atoms with Gasteiger partial charge in [0.15, 0.2) is 0 Å². The average molecular weight is 581 g/mol. The number of rotatable bonds is 32. The van der Waals surface area contributed by atoms with Gasteiger partial charge in [0.25, 0.3) is 0 Å². The van der Waals surface area contributed by atoms with Crippen molar-refractivity contribution in [3.05, 3.63) is 0 Å². The SMILES string of the molecule is CCCCCCCCCCCCCCCCCC(=O)OC(=O)C(CCCCCCCCOC)CC(CC)CCCC. The van der Waals surface area contributed by atoms with Crippen LogP contribution in [0.1, 0.15) is 201 Å².